The summed E-state index contributed by atoms with van der Waals surface area (Å²) in [6.45, 7) is 1.54. The van der Waals surface area contributed by atoms with Crippen molar-refractivity contribution in [3.05, 3.63) is 40.8 Å². The molecule has 2 aliphatic rings. The minimum absolute atomic E-state index is 0.0327. The van der Waals surface area contributed by atoms with E-state index in [1.165, 1.54) is 29.8 Å². The lowest BCUT2D eigenvalue weighted by Crippen LogP contribution is -2.60. The van der Waals surface area contributed by atoms with E-state index in [9.17, 15) is 19.8 Å². The average molecular weight is 307 g/mol. The number of amides is 1. The van der Waals surface area contributed by atoms with Crippen LogP contribution in [0.3, 0.4) is 0 Å². The van der Waals surface area contributed by atoms with Crippen molar-refractivity contribution in [3.63, 3.8) is 0 Å². The summed E-state index contributed by atoms with van der Waals surface area (Å²) in [7, 11) is 0. The van der Waals surface area contributed by atoms with E-state index in [2.05, 4.69) is 0 Å². The molecule has 0 radical (unpaired) electrons. The van der Waals surface area contributed by atoms with Crippen molar-refractivity contribution in [1.29, 1.82) is 0 Å². The van der Waals surface area contributed by atoms with Crippen LogP contribution in [-0.4, -0.2) is 38.5 Å². The largest absolute Gasteiger partial charge is 0.477 e. The second-order valence-corrected chi connectivity index (χ2v) is 6.01. The number of fused-ring (bicyclic) bond motifs is 1. The summed E-state index contributed by atoms with van der Waals surface area (Å²) >= 11 is 1.27. The van der Waals surface area contributed by atoms with Gasteiger partial charge in [0.15, 0.2) is 0 Å². The summed E-state index contributed by atoms with van der Waals surface area (Å²) in [6, 6.07) is 3.48. The molecule has 1 unspecified atom stereocenters. The second kappa shape index (κ2) is 5.09. The van der Waals surface area contributed by atoms with Crippen molar-refractivity contribution in [2.75, 3.05) is 0 Å². The van der Waals surface area contributed by atoms with E-state index in [0.717, 1.165) is 0 Å². The first-order valence-electron chi connectivity index (χ1n) is 6.37. The van der Waals surface area contributed by atoms with Gasteiger partial charge in [-0.1, -0.05) is 11.8 Å². The monoisotopic (exact) mass is 307 g/mol. The summed E-state index contributed by atoms with van der Waals surface area (Å²) < 4.78 is 5.15. The van der Waals surface area contributed by atoms with Crippen molar-refractivity contribution in [3.8, 4) is 0 Å². The lowest BCUT2D eigenvalue weighted by atomic mass is 9.92. The second-order valence-electron chi connectivity index (χ2n) is 4.85. The number of aliphatic hydroxyl groups is 1. The van der Waals surface area contributed by atoms with E-state index in [0.29, 0.717) is 10.7 Å². The number of thioether (sulfide) groups is 1. The van der Waals surface area contributed by atoms with Crippen LogP contribution in [0.2, 0.25) is 0 Å². The number of carboxylic acid groups (broad SMARTS) is 1. The minimum Gasteiger partial charge on any atom is -0.477 e. The zero-order chi connectivity index (χ0) is 15.1. The highest BCUT2D eigenvalue weighted by molar-refractivity contribution is 8.04. The van der Waals surface area contributed by atoms with Gasteiger partial charge in [0.1, 0.15) is 16.8 Å². The molecule has 3 rings (SSSR count). The van der Waals surface area contributed by atoms with Crippen LogP contribution in [0.5, 0.6) is 0 Å². The molecule has 0 spiro atoms. The van der Waals surface area contributed by atoms with Crippen molar-refractivity contribution in [1.82, 2.24) is 4.90 Å². The molecule has 2 aliphatic heterocycles. The summed E-state index contributed by atoms with van der Waals surface area (Å²) in [4.78, 5) is 25.1. The highest BCUT2D eigenvalue weighted by atomic mass is 32.2. The first kappa shape index (κ1) is 14.0. The Morgan fingerprint density at radius 2 is 2.29 bits per heavy atom. The number of aliphatic hydroxyl groups excluding tert-OH is 1. The van der Waals surface area contributed by atoms with Crippen molar-refractivity contribution < 1.29 is 24.2 Å². The number of rotatable bonds is 4. The van der Waals surface area contributed by atoms with Crippen LogP contribution >= 0.6 is 11.8 Å². The Balaban J connectivity index is 1.89. The number of nitrogens with zero attached hydrogens (tertiary/aromatic N) is 1. The van der Waals surface area contributed by atoms with Gasteiger partial charge in [-0.25, -0.2) is 4.79 Å². The maximum atomic E-state index is 12.0. The summed E-state index contributed by atoms with van der Waals surface area (Å²) in [5.74, 6) is -1.46. The molecule has 21 heavy (non-hydrogen) atoms. The fourth-order valence-electron chi connectivity index (χ4n) is 2.47. The van der Waals surface area contributed by atoms with E-state index >= 15 is 0 Å². The molecule has 3 atom stereocenters. The summed E-state index contributed by atoms with van der Waals surface area (Å²) in [5, 5.41) is 18.6. The van der Waals surface area contributed by atoms with Crippen LogP contribution in [-0.2, 0) is 9.59 Å². The molecular weight excluding hydrogens is 294 g/mol. The standard InChI is InChI=1S/C14H13NO5S/c1-7(16)10-12(17)15-11(14(18)19)9(21-13(10)15)5-4-8-3-2-6-20-8/h2-7,10,13,16H,1H3,(H,18,19)/b5-4+/t7?,10-,13+/m0/s1. The zero-order valence-electron chi connectivity index (χ0n) is 11.1. The Labute approximate surface area is 124 Å². The number of allylic oxidation sites excluding steroid dienone is 1. The van der Waals surface area contributed by atoms with Crippen LogP contribution < -0.4 is 0 Å². The fourth-order valence-corrected chi connectivity index (χ4v) is 3.98. The van der Waals surface area contributed by atoms with Gasteiger partial charge < -0.3 is 14.6 Å². The molecule has 1 saturated heterocycles. The molecule has 1 aromatic rings. The maximum Gasteiger partial charge on any atom is 0.353 e. The first-order chi connectivity index (χ1) is 10.0. The molecule has 0 saturated carbocycles. The lowest BCUT2D eigenvalue weighted by molar-refractivity contribution is -0.156. The smallest absolute Gasteiger partial charge is 0.353 e. The number of carboxylic acids is 1. The molecular formula is C14H13NO5S. The molecule has 2 N–H and O–H groups in total. The van der Waals surface area contributed by atoms with Crippen LogP contribution in [0, 0.1) is 5.92 Å². The third-order valence-electron chi connectivity index (χ3n) is 3.47. The van der Waals surface area contributed by atoms with E-state index in [1.807, 2.05) is 0 Å². The molecule has 7 heteroatoms. The third kappa shape index (κ3) is 2.18. The topological polar surface area (TPSA) is 91.0 Å². The third-order valence-corrected chi connectivity index (χ3v) is 4.80. The number of carbonyl (C=O) groups is 2. The van der Waals surface area contributed by atoms with E-state index < -0.39 is 18.0 Å². The normalized spacial score (nSPS) is 26.2. The lowest BCUT2D eigenvalue weighted by Gasteiger charge is -2.43. The van der Waals surface area contributed by atoms with Crippen LogP contribution in [0.15, 0.2) is 39.5 Å². The van der Waals surface area contributed by atoms with Gasteiger partial charge in [0.05, 0.1) is 18.3 Å². The molecule has 0 aliphatic carbocycles. The number of carbonyl (C=O) groups excluding carboxylic acids is 1. The highest BCUT2D eigenvalue weighted by Crippen LogP contribution is 2.50. The zero-order valence-corrected chi connectivity index (χ0v) is 11.9. The van der Waals surface area contributed by atoms with Crippen molar-refractivity contribution in [2.24, 2.45) is 5.92 Å². The van der Waals surface area contributed by atoms with Crippen molar-refractivity contribution >= 4 is 29.7 Å². The maximum absolute atomic E-state index is 12.0. The predicted octanol–water partition coefficient (Wildman–Crippen LogP) is 1.50. The molecule has 110 valence electrons. The quantitative estimate of drug-likeness (QED) is 0.819. The molecule has 0 bridgehead atoms. The van der Waals surface area contributed by atoms with E-state index in [1.54, 1.807) is 24.3 Å². The number of furan rings is 1. The van der Waals surface area contributed by atoms with E-state index in [4.69, 9.17) is 4.42 Å². The van der Waals surface area contributed by atoms with E-state index in [-0.39, 0.29) is 17.0 Å². The molecule has 0 aromatic carbocycles. The Morgan fingerprint density at radius 3 is 2.86 bits per heavy atom. The molecule has 3 heterocycles. The average Bonchev–Trinajstić information content (AvgIpc) is 3.01. The molecule has 6 nitrogen and oxygen atoms in total. The summed E-state index contributed by atoms with van der Waals surface area (Å²) in [5.41, 5.74) is -0.0327. The SMILES string of the molecule is CC(O)[C@H]1C(=O)N2C(C(=O)O)=C(/C=C/c3ccco3)S[C@H]12. The predicted molar refractivity (Wildman–Crippen MR) is 75.8 cm³/mol. The Morgan fingerprint density at radius 1 is 1.52 bits per heavy atom. The van der Waals surface area contributed by atoms with Crippen LogP contribution in [0.4, 0.5) is 0 Å². The van der Waals surface area contributed by atoms with Gasteiger partial charge in [-0.05, 0) is 31.2 Å². The summed E-state index contributed by atoms with van der Waals surface area (Å²) in [6.07, 6.45) is 4.00. The van der Waals surface area contributed by atoms with Gasteiger partial charge in [0.2, 0.25) is 5.91 Å². The van der Waals surface area contributed by atoms with Gasteiger partial charge in [0.25, 0.3) is 0 Å². The molecule has 1 fully saturated rings. The molecule has 1 amide bonds. The number of hydrogen-bond acceptors (Lipinski definition) is 5. The highest BCUT2D eigenvalue weighted by Gasteiger charge is 2.57. The number of hydrogen-bond donors (Lipinski definition) is 2. The fraction of sp³-hybridized carbons (Fsp3) is 0.286. The van der Waals surface area contributed by atoms with Gasteiger partial charge >= 0.3 is 5.97 Å². The first-order valence-corrected chi connectivity index (χ1v) is 7.25. The van der Waals surface area contributed by atoms with Crippen molar-refractivity contribution in [2.45, 2.75) is 18.4 Å². The van der Waals surface area contributed by atoms with Gasteiger partial charge in [-0.2, -0.15) is 0 Å². The Kier molecular flexibility index (Phi) is 3.38. The number of aliphatic carboxylic acids is 1. The van der Waals surface area contributed by atoms with Gasteiger partial charge in [0, 0.05) is 4.91 Å². The number of β-lactam (4-membered cyclic amide) rings is 1. The Bertz CT molecular complexity index is 646. The molecule has 1 aromatic heterocycles. The van der Waals surface area contributed by atoms with Gasteiger partial charge in [-0.15, -0.1) is 0 Å². The van der Waals surface area contributed by atoms with Crippen LogP contribution in [0.25, 0.3) is 6.08 Å². The minimum atomic E-state index is -1.15. The van der Waals surface area contributed by atoms with Gasteiger partial charge in [-0.3, -0.25) is 9.69 Å². The van der Waals surface area contributed by atoms with Crippen LogP contribution in [0.1, 0.15) is 12.7 Å². The Hall–Kier alpha value is -1.99.